The first-order valence-corrected chi connectivity index (χ1v) is 6.48. The SMILES string of the molecule is CC(NCCS(=O)(=O)C(C)(C)C)C(N)=O. The zero-order chi connectivity index (χ0) is 12.3. The van der Waals surface area contributed by atoms with Crippen LogP contribution in [-0.4, -0.2) is 37.4 Å². The first kappa shape index (κ1) is 14.4. The molecule has 1 unspecified atom stereocenters. The van der Waals surface area contributed by atoms with Crippen molar-refractivity contribution in [3.05, 3.63) is 0 Å². The van der Waals surface area contributed by atoms with Crippen LogP contribution in [0.15, 0.2) is 0 Å². The van der Waals surface area contributed by atoms with Gasteiger partial charge in [-0.05, 0) is 27.7 Å². The average molecular weight is 236 g/mol. The Hall–Kier alpha value is -0.620. The fraction of sp³-hybridized carbons (Fsp3) is 0.889. The van der Waals surface area contributed by atoms with Gasteiger partial charge in [0.1, 0.15) is 0 Å². The molecular weight excluding hydrogens is 216 g/mol. The molecule has 0 saturated carbocycles. The van der Waals surface area contributed by atoms with Crippen LogP contribution in [0, 0.1) is 0 Å². The summed E-state index contributed by atoms with van der Waals surface area (Å²) < 4.78 is 22.5. The van der Waals surface area contributed by atoms with E-state index in [2.05, 4.69) is 5.32 Å². The Balaban J connectivity index is 4.14. The Morgan fingerprint density at radius 3 is 2.20 bits per heavy atom. The van der Waals surface area contributed by atoms with E-state index in [0.29, 0.717) is 0 Å². The van der Waals surface area contributed by atoms with Crippen LogP contribution in [-0.2, 0) is 14.6 Å². The zero-order valence-corrected chi connectivity index (χ0v) is 10.5. The van der Waals surface area contributed by atoms with Crippen LogP contribution in [0.25, 0.3) is 0 Å². The number of carbonyl (C=O) groups excluding carboxylic acids is 1. The van der Waals surface area contributed by atoms with E-state index in [0.717, 1.165) is 0 Å². The second-order valence-electron chi connectivity index (χ2n) is 4.51. The molecule has 1 atom stereocenters. The highest BCUT2D eigenvalue weighted by atomic mass is 32.2. The molecule has 0 aromatic rings. The first-order chi connectivity index (χ1) is 6.58. The van der Waals surface area contributed by atoms with E-state index < -0.39 is 26.5 Å². The molecule has 0 fully saturated rings. The molecule has 0 radical (unpaired) electrons. The standard InChI is InChI=1S/C9H20N2O3S/c1-7(8(10)12)11-5-6-15(13,14)9(2,3)4/h7,11H,5-6H2,1-4H3,(H2,10,12). The van der Waals surface area contributed by atoms with Crippen molar-refractivity contribution in [2.24, 2.45) is 5.73 Å². The van der Waals surface area contributed by atoms with E-state index in [4.69, 9.17) is 5.73 Å². The maximum Gasteiger partial charge on any atom is 0.234 e. The van der Waals surface area contributed by atoms with Gasteiger partial charge < -0.3 is 11.1 Å². The molecule has 3 N–H and O–H groups in total. The summed E-state index contributed by atoms with van der Waals surface area (Å²) in [4.78, 5) is 10.7. The largest absolute Gasteiger partial charge is 0.368 e. The molecule has 15 heavy (non-hydrogen) atoms. The van der Waals surface area contributed by atoms with Gasteiger partial charge in [-0.1, -0.05) is 0 Å². The van der Waals surface area contributed by atoms with Gasteiger partial charge in [0, 0.05) is 6.54 Å². The smallest absolute Gasteiger partial charge is 0.234 e. The molecule has 0 rings (SSSR count). The molecule has 90 valence electrons. The summed E-state index contributed by atoms with van der Waals surface area (Å²) >= 11 is 0. The summed E-state index contributed by atoms with van der Waals surface area (Å²) in [7, 11) is -3.13. The number of nitrogens with one attached hydrogen (secondary N) is 1. The van der Waals surface area contributed by atoms with Gasteiger partial charge in [0.15, 0.2) is 9.84 Å². The topological polar surface area (TPSA) is 89.3 Å². The van der Waals surface area contributed by atoms with Crippen LogP contribution in [0.5, 0.6) is 0 Å². The quantitative estimate of drug-likeness (QED) is 0.683. The van der Waals surface area contributed by atoms with Crippen molar-refractivity contribution < 1.29 is 13.2 Å². The van der Waals surface area contributed by atoms with Gasteiger partial charge in [-0.3, -0.25) is 4.79 Å². The molecular formula is C9H20N2O3S. The van der Waals surface area contributed by atoms with Crippen molar-refractivity contribution in [1.82, 2.24) is 5.32 Å². The van der Waals surface area contributed by atoms with Crippen molar-refractivity contribution >= 4 is 15.7 Å². The van der Waals surface area contributed by atoms with Crippen LogP contribution in [0.3, 0.4) is 0 Å². The molecule has 5 nitrogen and oxygen atoms in total. The summed E-state index contributed by atoms with van der Waals surface area (Å²) in [5, 5.41) is 2.76. The second-order valence-corrected chi connectivity index (χ2v) is 7.37. The highest BCUT2D eigenvalue weighted by Gasteiger charge is 2.28. The monoisotopic (exact) mass is 236 g/mol. The summed E-state index contributed by atoms with van der Waals surface area (Å²) in [6.45, 7) is 6.80. The van der Waals surface area contributed by atoms with Gasteiger partial charge in [0.05, 0.1) is 16.5 Å². The number of hydrogen-bond donors (Lipinski definition) is 2. The van der Waals surface area contributed by atoms with E-state index in [1.165, 1.54) is 0 Å². The number of rotatable bonds is 5. The van der Waals surface area contributed by atoms with Crippen LogP contribution in [0.4, 0.5) is 0 Å². The molecule has 0 heterocycles. The van der Waals surface area contributed by atoms with Gasteiger partial charge in [-0.15, -0.1) is 0 Å². The molecule has 0 aromatic carbocycles. The minimum absolute atomic E-state index is 0.00806. The zero-order valence-electron chi connectivity index (χ0n) is 9.70. The highest BCUT2D eigenvalue weighted by Crippen LogP contribution is 2.15. The number of nitrogens with two attached hydrogens (primary N) is 1. The Morgan fingerprint density at radius 2 is 1.87 bits per heavy atom. The molecule has 0 aliphatic heterocycles. The maximum absolute atomic E-state index is 11.6. The number of primary amides is 1. The lowest BCUT2D eigenvalue weighted by Gasteiger charge is -2.19. The molecule has 6 heteroatoms. The normalized spacial score (nSPS) is 14.9. The molecule has 0 saturated heterocycles. The minimum Gasteiger partial charge on any atom is -0.368 e. The number of sulfone groups is 1. The van der Waals surface area contributed by atoms with Gasteiger partial charge in [-0.2, -0.15) is 0 Å². The van der Waals surface area contributed by atoms with Gasteiger partial charge in [0.25, 0.3) is 0 Å². The predicted molar refractivity (Wildman–Crippen MR) is 60.2 cm³/mol. The third kappa shape index (κ3) is 4.61. The Bertz CT molecular complexity index is 317. The van der Waals surface area contributed by atoms with E-state index in [1.807, 2.05) is 0 Å². The number of carbonyl (C=O) groups is 1. The van der Waals surface area contributed by atoms with Crippen molar-refractivity contribution in [1.29, 1.82) is 0 Å². The van der Waals surface area contributed by atoms with Crippen LogP contribution >= 0.6 is 0 Å². The lowest BCUT2D eigenvalue weighted by molar-refractivity contribution is -0.119. The maximum atomic E-state index is 11.6. The average Bonchev–Trinajstić information content (AvgIpc) is 2.01. The summed E-state index contributed by atoms with van der Waals surface area (Å²) in [6.07, 6.45) is 0. The lowest BCUT2D eigenvalue weighted by atomic mass is 10.3. The molecule has 0 bridgehead atoms. The third-order valence-electron chi connectivity index (χ3n) is 2.18. The van der Waals surface area contributed by atoms with E-state index in [1.54, 1.807) is 27.7 Å². The van der Waals surface area contributed by atoms with Crippen molar-refractivity contribution in [3.63, 3.8) is 0 Å². The Labute approximate surface area is 91.3 Å². The lowest BCUT2D eigenvalue weighted by Crippen LogP contribution is -2.42. The molecule has 0 aromatic heterocycles. The fourth-order valence-electron chi connectivity index (χ4n) is 0.817. The van der Waals surface area contributed by atoms with Crippen molar-refractivity contribution in [2.75, 3.05) is 12.3 Å². The summed E-state index contributed by atoms with van der Waals surface area (Å²) in [6, 6.07) is -0.500. The van der Waals surface area contributed by atoms with E-state index >= 15 is 0 Å². The van der Waals surface area contributed by atoms with Gasteiger partial charge >= 0.3 is 0 Å². The van der Waals surface area contributed by atoms with Gasteiger partial charge in [-0.25, -0.2) is 8.42 Å². The second kappa shape index (κ2) is 4.94. The van der Waals surface area contributed by atoms with E-state index in [-0.39, 0.29) is 12.3 Å². The Kier molecular flexibility index (Phi) is 4.73. The van der Waals surface area contributed by atoms with Crippen molar-refractivity contribution in [3.8, 4) is 0 Å². The molecule has 0 aliphatic carbocycles. The van der Waals surface area contributed by atoms with Crippen molar-refractivity contribution in [2.45, 2.75) is 38.5 Å². The van der Waals surface area contributed by atoms with Crippen LogP contribution in [0.2, 0.25) is 0 Å². The third-order valence-corrected chi connectivity index (χ3v) is 4.79. The van der Waals surface area contributed by atoms with E-state index in [9.17, 15) is 13.2 Å². The molecule has 1 amide bonds. The van der Waals surface area contributed by atoms with Crippen LogP contribution < -0.4 is 11.1 Å². The Morgan fingerprint density at radius 1 is 1.40 bits per heavy atom. The number of hydrogen-bond acceptors (Lipinski definition) is 4. The predicted octanol–water partition coefficient (Wildman–Crippen LogP) is -0.337. The first-order valence-electron chi connectivity index (χ1n) is 4.83. The molecule has 0 aliphatic rings. The summed E-state index contributed by atoms with van der Waals surface area (Å²) in [5.41, 5.74) is 5.02. The van der Waals surface area contributed by atoms with Crippen LogP contribution in [0.1, 0.15) is 27.7 Å². The fourth-order valence-corrected chi connectivity index (χ4v) is 1.82. The summed E-state index contributed by atoms with van der Waals surface area (Å²) in [5.74, 6) is -0.475. The minimum atomic E-state index is -3.13. The highest BCUT2D eigenvalue weighted by molar-refractivity contribution is 7.92. The number of amides is 1. The van der Waals surface area contributed by atoms with Gasteiger partial charge in [0.2, 0.25) is 5.91 Å². The molecule has 0 spiro atoms.